The fraction of sp³-hybridized carbons (Fsp3) is 0.529. The summed E-state index contributed by atoms with van der Waals surface area (Å²) in [5.74, 6) is 1.03. The molecule has 3 rings (SSSR count). The summed E-state index contributed by atoms with van der Waals surface area (Å²) in [6.45, 7) is 6.01. The standard InChI is InChI=1S/C17H24N6O/c1-10(9-14-11(2)22-23(4)12(14)3)18-17(24)19-16-8-7-15(20-21-16)13-5-6-13/h7-8,10,13H,5-6,9H2,1-4H3,(H2,18,19,21,24)/t10-/m1/s1. The molecule has 0 saturated heterocycles. The zero-order valence-corrected chi connectivity index (χ0v) is 14.6. The van der Waals surface area contributed by atoms with E-state index in [0.717, 1.165) is 23.5 Å². The molecule has 2 aromatic rings. The van der Waals surface area contributed by atoms with Gasteiger partial charge in [-0.3, -0.25) is 10.00 Å². The van der Waals surface area contributed by atoms with Crippen LogP contribution in [0, 0.1) is 13.8 Å². The molecule has 1 saturated carbocycles. The number of aryl methyl sites for hydroxylation is 2. The number of nitrogens with one attached hydrogen (secondary N) is 2. The summed E-state index contributed by atoms with van der Waals surface area (Å²) in [6.07, 6.45) is 3.12. The molecule has 1 fully saturated rings. The van der Waals surface area contributed by atoms with Gasteiger partial charge in [0.1, 0.15) is 0 Å². The van der Waals surface area contributed by atoms with E-state index in [2.05, 4.69) is 25.9 Å². The number of carbonyl (C=O) groups excluding carboxylic acids is 1. The first-order chi connectivity index (χ1) is 11.4. The van der Waals surface area contributed by atoms with Crippen molar-refractivity contribution in [2.24, 2.45) is 7.05 Å². The van der Waals surface area contributed by atoms with E-state index in [0.29, 0.717) is 11.7 Å². The van der Waals surface area contributed by atoms with E-state index in [1.54, 1.807) is 6.07 Å². The van der Waals surface area contributed by atoms with Crippen molar-refractivity contribution in [2.75, 3.05) is 5.32 Å². The van der Waals surface area contributed by atoms with E-state index in [1.165, 1.54) is 18.4 Å². The maximum atomic E-state index is 12.1. The van der Waals surface area contributed by atoms with Crippen LogP contribution in [-0.4, -0.2) is 32.1 Å². The van der Waals surface area contributed by atoms with Gasteiger partial charge in [-0.15, -0.1) is 5.10 Å². The second kappa shape index (κ2) is 6.59. The third-order valence-electron chi connectivity index (χ3n) is 4.47. The third kappa shape index (κ3) is 3.72. The molecule has 7 nitrogen and oxygen atoms in total. The average molecular weight is 328 g/mol. The Morgan fingerprint density at radius 3 is 2.62 bits per heavy atom. The molecule has 2 N–H and O–H groups in total. The van der Waals surface area contributed by atoms with Crippen molar-refractivity contribution in [1.29, 1.82) is 0 Å². The number of urea groups is 1. The molecule has 0 unspecified atom stereocenters. The molecule has 2 heterocycles. The number of rotatable bonds is 5. The highest BCUT2D eigenvalue weighted by molar-refractivity contribution is 5.88. The number of hydrogen-bond donors (Lipinski definition) is 2. The summed E-state index contributed by atoms with van der Waals surface area (Å²) < 4.78 is 1.87. The van der Waals surface area contributed by atoms with Gasteiger partial charge in [0.05, 0.1) is 11.4 Å². The second-order valence-electron chi connectivity index (χ2n) is 6.59. The lowest BCUT2D eigenvalue weighted by Gasteiger charge is -2.14. The van der Waals surface area contributed by atoms with Crippen LogP contribution in [0.5, 0.6) is 0 Å². The van der Waals surface area contributed by atoms with Gasteiger partial charge in [0.15, 0.2) is 5.82 Å². The Bertz CT molecular complexity index is 732. The van der Waals surface area contributed by atoms with E-state index >= 15 is 0 Å². The second-order valence-corrected chi connectivity index (χ2v) is 6.59. The van der Waals surface area contributed by atoms with E-state index < -0.39 is 0 Å². The maximum Gasteiger partial charge on any atom is 0.320 e. The van der Waals surface area contributed by atoms with E-state index in [9.17, 15) is 4.79 Å². The van der Waals surface area contributed by atoms with E-state index in [-0.39, 0.29) is 12.1 Å². The van der Waals surface area contributed by atoms with Crippen LogP contribution in [0.3, 0.4) is 0 Å². The number of anilines is 1. The Hall–Kier alpha value is -2.44. The smallest absolute Gasteiger partial charge is 0.320 e. The van der Waals surface area contributed by atoms with Gasteiger partial charge in [0.25, 0.3) is 0 Å². The summed E-state index contributed by atoms with van der Waals surface area (Å²) in [6, 6.07) is 3.47. The van der Waals surface area contributed by atoms with Crippen molar-refractivity contribution in [3.05, 3.63) is 34.8 Å². The van der Waals surface area contributed by atoms with Crippen LogP contribution < -0.4 is 10.6 Å². The molecular formula is C17H24N6O. The fourth-order valence-electron chi connectivity index (χ4n) is 2.85. The Morgan fingerprint density at radius 2 is 2.08 bits per heavy atom. The topological polar surface area (TPSA) is 84.7 Å². The van der Waals surface area contributed by atoms with Crippen LogP contribution in [0.1, 0.15) is 48.3 Å². The van der Waals surface area contributed by atoms with Crippen LogP contribution in [0.15, 0.2) is 12.1 Å². The molecule has 128 valence electrons. The van der Waals surface area contributed by atoms with Crippen molar-refractivity contribution >= 4 is 11.8 Å². The minimum absolute atomic E-state index is 0.00898. The summed E-state index contributed by atoms with van der Waals surface area (Å²) in [5, 5.41) is 18.3. The van der Waals surface area contributed by atoms with Crippen LogP contribution in [0.2, 0.25) is 0 Å². The van der Waals surface area contributed by atoms with Crippen molar-refractivity contribution in [3.63, 3.8) is 0 Å². The van der Waals surface area contributed by atoms with Crippen molar-refractivity contribution < 1.29 is 4.79 Å². The van der Waals surface area contributed by atoms with Crippen molar-refractivity contribution in [3.8, 4) is 0 Å². The van der Waals surface area contributed by atoms with Gasteiger partial charge in [-0.25, -0.2) is 4.79 Å². The quantitative estimate of drug-likeness (QED) is 0.883. The zero-order valence-electron chi connectivity index (χ0n) is 14.6. The van der Waals surface area contributed by atoms with Gasteiger partial charge >= 0.3 is 6.03 Å². The van der Waals surface area contributed by atoms with Crippen LogP contribution in [0.4, 0.5) is 10.6 Å². The maximum absolute atomic E-state index is 12.1. The molecule has 1 aliphatic carbocycles. The first-order valence-corrected chi connectivity index (χ1v) is 8.34. The average Bonchev–Trinajstić information content (AvgIpc) is 3.33. The molecule has 0 spiro atoms. The van der Waals surface area contributed by atoms with Gasteiger partial charge in [-0.2, -0.15) is 10.2 Å². The minimum Gasteiger partial charge on any atom is -0.335 e. The molecular weight excluding hydrogens is 304 g/mol. The molecule has 0 aliphatic heterocycles. The predicted molar refractivity (Wildman–Crippen MR) is 92.0 cm³/mol. The van der Waals surface area contributed by atoms with Gasteiger partial charge in [-0.1, -0.05) is 0 Å². The number of nitrogens with zero attached hydrogens (tertiary/aromatic N) is 4. The highest BCUT2D eigenvalue weighted by Crippen LogP contribution is 2.38. The first-order valence-electron chi connectivity index (χ1n) is 8.34. The first kappa shape index (κ1) is 16.4. The zero-order chi connectivity index (χ0) is 17.3. The molecule has 0 aromatic carbocycles. The lowest BCUT2D eigenvalue weighted by atomic mass is 10.1. The number of aromatic nitrogens is 4. The molecule has 0 radical (unpaired) electrons. The number of hydrogen-bond acceptors (Lipinski definition) is 4. The monoisotopic (exact) mass is 328 g/mol. The Morgan fingerprint density at radius 1 is 1.33 bits per heavy atom. The normalized spacial score (nSPS) is 15.2. The van der Waals surface area contributed by atoms with Crippen molar-refractivity contribution in [2.45, 2.75) is 52.0 Å². The molecule has 2 aromatic heterocycles. The Labute approximate surface area is 141 Å². The van der Waals surface area contributed by atoms with Gasteiger partial charge in [0.2, 0.25) is 0 Å². The van der Waals surface area contributed by atoms with E-state index in [4.69, 9.17) is 0 Å². The Kier molecular flexibility index (Phi) is 4.51. The van der Waals surface area contributed by atoms with Crippen LogP contribution >= 0.6 is 0 Å². The number of carbonyl (C=O) groups is 1. The molecule has 7 heteroatoms. The van der Waals surface area contributed by atoms with Crippen LogP contribution in [-0.2, 0) is 13.5 Å². The lowest BCUT2D eigenvalue weighted by molar-refractivity contribution is 0.249. The van der Waals surface area contributed by atoms with Gasteiger partial charge < -0.3 is 5.32 Å². The SMILES string of the molecule is Cc1nn(C)c(C)c1C[C@@H](C)NC(=O)Nc1ccc(C2CC2)nn1. The predicted octanol–water partition coefficient (Wildman–Crippen LogP) is 2.46. The third-order valence-corrected chi connectivity index (χ3v) is 4.47. The molecule has 1 aliphatic rings. The fourth-order valence-corrected chi connectivity index (χ4v) is 2.85. The molecule has 24 heavy (non-hydrogen) atoms. The summed E-state index contributed by atoms with van der Waals surface area (Å²) in [7, 11) is 1.93. The van der Waals surface area contributed by atoms with Gasteiger partial charge in [-0.05, 0) is 57.7 Å². The van der Waals surface area contributed by atoms with Crippen LogP contribution in [0.25, 0.3) is 0 Å². The highest BCUT2D eigenvalue weighted by atomic mass is 16.2. The molecule has 2 amide bonds. The summed E-state index contributed by atoms with van der Waals surface area (Å²) in [5.41, 5.74) is 4.32. The summed E-state index contributed by atoms with van der Waals surface area (Å²) >= 11 is 0. The highest BCUT2D eigenvalue weighted by Gasteiger charge is 2.25. The molecule has 0 bridgehead atoms. The largest absolute Gasteiger partial charge is 0.335 e. The summed E-state index contributed by atoms with van der Waals surface area (Å²) in [4.78, 5) is 12.1. The Balaban J connectivity index is 1.53. The minimum atomic E-state index is -0.268. The van der Waals surface area contributed by atoms with Crippen molar-refractivity contribution in [1.82, 2.24) is 25.3 Å². The van der Waals surface area contributed by atoms with Gasteiger partial charge in [0, 0.05) is 24.7 Å². The van der Waals surface area contributed by atoms with E-state index in [1.807, 2.05) is 38.6 Å². The lowest BCUT2D eigenvalue weighted by Crippen LogP contribution is -2.37. The molecule has 1 atom stereocenters. The number of amides is 2.